The zero-order valence-corrected chi connectivity index (χ0v) is 19.0. The van der Waals surface area contributed by atoms with Crippen LogP contribution in [0.5, 0.6) is 0 Å². The van der Waals surface area contributed by atoms with Crippen LogP contribution in [0.2, 0.25) is 0 Å². The van der Waals surface area contributed by atoms with Crippen molar-refractivity contribution in [3.8, 4) is 0 Å². The number of nitrogens with zero attached hydrogens (tertiary/aromatic N) is 2. The molecule has 0 unspecified atom stereocenters. The molecule has 3 amide bonds. The Balaban J connectivity index is 1.59. The molecule has 0 spiro atoms. The molecule has 8 nitrogen and oxygen atoms in total. The van der Waals surface area contributed by atoms with Gasteiger partial charge in [-0.2, -0.15) is 0 Å². The molecule has 1 fully saturated rings. The highest BCUT2D eigenvalue weighted by Crippen LogP contribution is 2.34. The number of amides is 3. The number of pyridine rings is 1. The fourth-order valence-corrected chi connectivity index (χ4v) is 3.86. The Hall–Kier alpha value is -4.20. The summed E-state index contributed by atoms with van der Waals surface area (Å²) in [6.45, 7) is 3.94. The number of carbonyl (C=O) groups is 3. The fourth-order valence-electron chi connectivity index (χ4n) is 3.86. The van der Waals surface area contributed by atoms with Gasteiger partial charge in [0.2, 0.25) is 11.8 Å². The summed E-state index contributed by atoms with van der Waals surface area (Å²) in [5.41, 5.74) is 4.14. The molecule has 34 heavy (non-hydrogen) atoms. The Bertz CT molecular complexity index is 1160. The number of cyclic esters (lactones) is 1. The van der Waals surface area contributed by atoms with Crippen molar-refractivity contribution >= 4 is 23.6 Å². The number of hydrogen-bond acceptors (Lipinski definition) is 5. The van der Waals surface area contributed by atoms with Gasteiger partial charge in [-0.25, -0.2) is 4.79 Å². The van der Waals surface area contributed by atoms with Crippen molar-refractivity contribution in [2.45, 2.75) is 39.1 Å². The van der Waals surface area contributed by atoms with Gasteiger partial charge >= 0.3 is 6.09 Å². The molecule has 4 rings (SSSR count). The summed E-state index contributed by atoms with van der Waals surface area (Å²) >= 11 is 0. The second-order valence-corrected chi connectivity index (χ2v) is 8.24. The molecule has 3 aromatic rings. The second-order valence-electron chi connectivity index (χ2n) is 8.24. The Labute approximate surface area is 198 Å². The molecule has 2 N–H and O–H groups in total. The summed E-state index contributed by atoms with van der Waals surface area (Å²) in [4.78, 5) is 43.1. The van der Waals surface area contributed by atoms with E-state index in [1.165, 1.54) is 11.8 Å². The SMILES string of the molecule is CC(=O)Nc1ccc([C@@H]2OC(=O)N(Cc3ccc(C)cc3)[C@H]2C(=O)NCc2cccnc2)cc1. The van der Waals surface area contributed by atoms with Crippen molar-refractivity contribution in [3.63, 3.8) is 0 Å². The molecule has 174 valence electrons. The number of hydrogen-bond donors (Lipinski definition) is 2. The highest BCUT2D eigenvalue weighted by Gasteiger charge is 2.46. The summed E-state index contributed by atoms with van der Waals surface area (Å²) in [6.07, 6.45) is 1.99. The number of aryl methyl sites for hydroxylation is 1. The third-order valence-corrected chi connectivity index (χ3v) is 5.58. The smallest absolute Gasteiger partial charge is 0.411 e. The third-order valence-electron chi connectivity index (χ3n) is 5.58. The van der Waals surface area contributed by atoms with Crippen molar-refractivity contribution in [2.75, 3.05) is 5.32 Å². The first kappa shape index (κ1) is 23.0. The standard InChI is InChI=1S/C26H26N4O4/c1-17-5-7-19(8-6-17)16-30-23(25(32)28-15-20-4-3-13-27-14-20)24(34-26(30)33)21-9-11-22(12-10-21)29-18(2)31/h3-14,23-24H,15-16H2,1-2H3,(H,28,32)(H,29,31)/t23-,24+/m1/s1. The first-order valence-corrected chi connectivity index (χ1v) is 11.0. The summed E-state index contributed by atoms with van der Waals surface area (Å²) < 4.78 is 5.69. The average Bonchev–Trinajstić information content (AvgIpc) is 3.15. The van der Waals surface area contributed by atoms with Crippen LogP contribution in [0.3, 0.4) is 0 Å². The number of benzene rings is 2. The molecule has 2 heterocycles. The molecule has 0 bridgehead atoms. The monoisotopic (exact) mass is 458 g/mol. The lowest BCUT2D eigenvalue weighted by molar-refractivity contribution is -0.126. The minimum Gasteiger partial charge on any atom is -0.438 e. The number of nitrogens with one attached hydrogen (secondary N) is 2. The number of ether oxygens (including phenoxy) is 1. The van der Waals surface area contributed by atoms with Crippen LogP contribution < -0.4 is 10.6 Å². The van der Waals surface area contributed by atoms with Gasteiger partial charge in [0.1, 0.15) is 0 Å². The van der Waals surface area contributed by atoms with E-state index in [1.807, 2.05) is 37.3 Å². The van der Waals surface area contributed by atoms with Gasteiger partial charge in [-0.05, 0) is 41.8 Å². The van der Waals surface area contributed by atoms with Gasteiger partial charge < -0.3 is 15.4 Å². The van der Waals surface area contributed by atoms with Crippen LogP contribution in [0.1, 0.15) is 35.3 Å². The van der Waals surface area contributed by atoms with Crippen LogP contribution in [-0.2, 0) is 27.4 Å². The molecule has 8 heteroatoms. The Morgan fingerprint density at radius 1 is 1.03 bits per heavy atom. The Kier molecular flexibility index (Phi) is 6.87. The lowest BCUT2D eigenvalue weighted by Crippen LogP contribution is -2.46. The lowest BCUT2D eigenvalue weighted by atomic mass is 10.00. The Morgan fingerprint density at radius 3 is 2.41 bits per heavy atom. The molecule has 0 saturated carbocycles. The van der Waals surface area contributed by atoms with E-state index in [0.29, 0.717) is 11.3 Å². The second kappa shape index (κ2) is 10.2. The van der Waals surface area contributed by atoms with Gasteiger partial charge in [0.05, 0.1) is 6.54 Å². The van der Waals surface area contributed by atoms with Gasteiger partial charge in [0, 0.05) is 31.5 Å². The van der Waals surface area contributed by atoms with Gasteiger partial charge in [0.15, 0.2) is 12.1 Å². The molecule has 1 saturated heterocycles. The first-order chi connectivity index (χ1) is 16.4. The van der Waals surface area contributed by atoms with Gasteiger partial charge in [-0.1, -0.05) is 48.0 Å². The van der Waals surface area contributed by atoms with Crippen LogP contribution in [0.25, 0.3) is 0 Å². The zero-order chi connectivity index (χ0) is 24.1. The Morgan fingerprint density at radius 2 is 1.76 bits per heavy atom. The molecule has 1 aromatic heterocycles. The van der Waals surface area contributed by atoms with Gasteiger partial charge in [-0.3, -0.25) is 19.5 Å². The third kappa shape index (κ3) is 5.40. The molecular formula is C26H26N4O4. The van der Waals surface area contributed by atoms with Crippen LogP contribution in [0, 0.1) is 6.92 Å². The summed E-state index contributed by atoms with van der Waals surface area (Å²) in [5.74, 6) is -0.505. The van der Waals surface area contributed by atoms with Crippen LogP contribution in [0.4, 0.5) is 10.5 Å². The number of aromatic nitrogens is 1. The van der Waals surface area contributed by atoms with Crippen molar-refractivity contribution in [1.82, 2.24) is 15.2 Å². The molecular weight excluding hydrogens is 432 g/mol. The maximum absolute atomic E-state index is 13.4. The van der Waals surface area contributed by atoms with Crippen LogP contribution >= 0.6 is 0 Å². The van der Waals surface area contributed by atoms with Crippen molar-refractivity contribution in [2.24, 2.45) is 0 Å². The van der Waals surface area contributed by atoms with E-state index in [9.17, 15) is 14.4 Å². The van der Waals surface area contributed by atoms with Crippen molar-refractivity contribution < 1.29 is 19.1 Å². The van der Waals surface area contributed by atoms with E-state index in [0.717, 1.165) is 16.7 Å². The molecule has 1 aliphatic rings. The maximum atomic E-state index is 13.4. The predicted molar refractivity (Wildman–Crippen MR) is 127 cm³/mol. The van der Waals surface area contributed by atoms with E-state index in [2.05, 4.69) is 15.6 Å². The molecule has 2 atom stereocenters. The van der Waals surface area contributed by atoms with E-state index >= 15 is 0 Å². The minimum absolute atomic E-state index is 0.183. The number of carbonyl (C=O) groups excluding carboxylic acids is 3. The fraction of sp³-hybridized carbons (Fsp3) is 0.231. The van der Waals surface area contributed by atoms with Crippen LogP contribution in [-0.4, -0.2) is 33.8 Å². The number of rotatable bonds is 7. The summed E-state index contributed by atoms with van der Waals surface area (Å²) in [6, 6.07) is 17.5. The normalized spacial score (nSPS) is 17.2. The first-order valence-electron chi connectivity index (χ1n) is 11.0. The largest absolute Gasteiger partial charge is 0.438 e. The quantitative estimate of drug-likeness (QED) is 0.562. The van der Waals surface area contributed by atoms with Crippen molar-refractivity contribution in [1.29, 1.82) is 0 Å². The molecule has 1 aliphatic heterocycles. The highest BCUT2D eigenvalue weighted by atomic mass is 16.6. The number of anilines is 1. The minimum atomic E-state index is -0.864. The van der Waals surface area contributed by atoms with Crippen LogP contribution in [0.15, 0.2) is 73.1 Å². The van der Waals surface area contributed by atoms with Crippen molar-refractivity contribution in [3.05, 3.63) is 95.3 Å². The average molecular weight is 459 g/mol. The van der Waals surface area contributed by atoms with E-state index in [-0.39, 0.29) is 24.9 Å². The molecule has 0 aliphatic carbocycles. The topological polar surface area (TPSA) is 101 Å². The maximum Gasteiger partial charge on any atom is 0.411 e. The molecule has 2 aromatic carbocycles. The molecule has 0 radical (unpaired) electrons. The van der Waals surface area contributed by atoms with E-state index < -0.39 is 18.2 Å². The zero-order valence-electron chi connectivity index (χ0n) is 19.0. The van der Waals surface area contributed by atoms with E-state index in [1.54, 1.807) is 42.7 Å². The van der Waals surface area contributed by atoms with Gasteiger partial charge in [0.25, 0.3) is 0 Å². The summed E-state index contributed by atoms with van der Waals surface area (Å²) in [7, 11) is 0. The lowest BCUT2D eigenvalue weighted by Gasteiger charge is -2.24. The summed E-state index contributed by atoms with van der Waals surface area (Å²) in [5, 5.41) is 5.62. The highest BCUT2D eigenvalue weighted by molar-refractivity contribution is 5.90. The van der Waals surface area contributed by atoms with Gasteiger partial charge in [-0.15, -0.1) is 0 Å². The van der Waals surface area contributed by atoms with E-state index in [4.69, 9.17) is 4.74 Å². The predicted octanol–water partition coefficient (Wildman–Crippen LogP) is 3.73.